The normalized spacial score (nSPS) is 25.3. The molecular formula is C8H12N2O2S2. The molecule has 2 heterocycles. The van der Waals surface area contributed by atoms with Crippen molar-refractivity contribution in [3.05, 3.63) is 17.2 Å². The molecule has 4 nitrogen and oxygen atoms in total. The molecule has 1 saturated heterocycles. The predicted molar refractivity (Wildman–Crippen MR) is 56.4 cm³/mol. The molecule has 0 bridgehead atoms. The highest BCUT2D eigenvalue weighted by Gasteiger charge is 2.31. The molecule has 0 aliphatic carbocycles. The Hall–Kier alpha value is -0.620. The van der Waals surface area contributed by atoms with Crippen LogP contribution in [0, 0.1) is 4.77 Å². The first-order valence-electron chi connectivity index (χ1n) is 4.55. The number of hydrogen-bond acceptors (Lipinski definition) is 3. The summed E-state index contributed by atoms with van der Waals surface area (Å²) < 4.78 is 25.5. The van der Waals surface area contributed by atoms with E-state index in [9.17, 15) is 8.42 Å². The third-order valence-corrected chi connectivity index (χ3v) is 5.20. The van der Waals surface area contributed by atoms with E-state index >= 15 is 0 Å². The van der Waals surface area contributed by atoms with Crippen LogP contribution in [0.4, 0.5) is 0 Å². The Kier molecular flexibility index (Phi) is 2.48. The molecule has 1 aromatic heterocycles. The summed E-state index contributed by atoms with van der Waals surface area (Å²) in [5.74, 6) is 0.329. The van der Waals surface area contributed by atoms with Gasteiger partial charge >= 0.3 is 0 Å². The summed E-state index contributed by atoms with van der Waals surface area (Å²) in [6.45, 7) is 0.491. The van der Waals surface area contributed by atoms with E-state index in [0.29, 0.717) is 17.1 Å². The third-order valence-electron chi connectivity index (χ3n) is 2.59. The minimum atomic E-state index is -2.86. The standard InChI is InChI=1S/C8H12N2O2S2/c11-14(12)5-1-2-7(14)6-10-4-3-9-8(10)13/h3-4,7H,1-2,5-6H2,(H,9,13). The maximum Gasteiger partial charge on any atom is 0.177 e. The van der Waals surface area contributed by atoms with E-state index in [1.165, 1.54) is 0 Å². The fourth-order valence-corrected chi connectivity index (χ4v) is 3.79. The molecule has 1 aliphatic heterocycles. The summed E-state index contributed by atoms with van der Waals surface area (Å²) in [5.41, 5.74) is 0. The van der Waals surface area contributed by atoms with Gasteiger partial charge in [0.25, 0.3) is 0 Å². The second-order valence-electron chi connectivity index (χ2n) is 3.55. The van der Waals surface area contributed by atoms with Crippen LogP contribution in [-0.4, -0.2) is 29.0 Å². The highest BCUT2D eigenvalue weighted by molar-refractivity contribution is 7.92. The van der Waals surface area contributed by atoms with Gasteiger partial charge in [-0.2, -0.15) is 0 Å². The van der Waals surface area contributed by atoms with Crippen LogP contribution in [0.25, 0.3) is 0 Å². The quantitative estimate of drug-likeness (QED) is 0.777. The maximum absolute atomic E-state index is 11.5. The summed E-state index contributed by atoms with van der Waals surface area (Å²) in [4.78, 5) is 2.85. The van der Waals surface area contributed by atoms with Crippen molar-refractivity contribution in [2.45, 2.75) is 24.6 Å². The molecular weight excluding hydrogens is 220 g/mol. The van der Waals surface area contributed by atoms with E-state index in [0.717, 1.165) is 12.8 Å². The second kappa shape index (κ2) is 3.51. The van der Waals surface area contributed by atoms with Crippen molar-refractivity contribution in [2.75, 3.05) is 5.75 Å². The molecule has 6 heteroatoms. The molecule has 14 heavy (non-hydrogen) atoms. The highest BCUT2D eigenvalue weighted by atomic mass is 32.2. The zero-order valence-corrected chi connectivity index (χ0v) is 9.27. The molecule has 0 saturated carbocycles. The molecule has 78 valence electrons. The number of H-pyrrole nitrogens is 1. The van der Waals surface area contributed by atoms with Crippen LogP contribution in [0.2, 0.25) is 0 Å². The summed E-state index contributed by atoms with van der Waals surface area (Å²) in [5, 5.41) is -0.245. The van der Waals surface area contributed by atoms with Crippen LogP contribution in [0.15, 0.2) is 12.4 Å². The van der Waals surface area contributed by atoms with Crippen LogP contribution in [-0.2, 0) is 16.4 Å². The van der Waals surface area contributed by atoms with Crippen LogP contribution in [0.5, 0.6) is 0 Å². The molecule has 0 aromatic carbocycles. The lowest BCUT2D eigenvalue weighted by Crippen LogP contribution is -2.21. The average molecular weight is 232 g/mol. The van der Waals surface area contributed by atoms with Gasteiger partial charge in [-0.3, -0.25) is 0 Å². The first-order valence-corrected chi connectivity index (χ1v) is 6.67. The van der Waals surface area contributed by atoms with E-state index in [-0.39, 0.29) is 5.25 Å². The predicted octanol–water partition coefficient (Wildman–Crippen LogP) is 1.12. The summed E-state index contributed by atoms with van der Waals surface area (Å²) in [7, 11) is -2.86. The number of imidazole rings is 1. The largest absolute Gasteiger partial charge is 0.337 e. The number of sulfone groups is 1. The lowest BCUT2D eigenvalue weighted by Gasteiger charge is -2.09. The van der Waals surface area contributed by atoms with Gasteiger partial charge in [-0.25, -0.2) is 8.42 Å². The lowest BCUT2D eigenvalue weighted by atomic mass is 10.2. The van der Waals surface area contributed by atoms with Crippen molar-refractivity contribution in [2.24, 2.45) is 0 Å². The Balaban J connectivity index is 2.20. The Labute approximate surface area is 87.9 Å². The SMILES string of the molecule is O=S1(=O)CCCC1Cn1cc[nH]c1=S. The molecule has 0 amide bonds. The first-order chi connectivity index (χ1) is 6.59. The molecule has 0 radical (unpaired) electrons. The zero-order valence-electron chi connectivity index (χ0n) is 7.64. The summed E-state index contributed by atoms with van der Waals surface area (Å²) >= 11 is 5.01. The molecule has 0 spiro atoms. The van der Waals surface area contributed by atoms with Gasteiger partial charge < -0.3 is 9.55 Å². The maximum atomic E-state index is 11.5. The van der Waals surface area contributed by atoms with Crippen molar-refractivity contribution in [3.8, 4) is 0 Å². The third kappa shape index (κ3) is 1.76. The van der Waals surface area contributed by atoms with E-state index in [2.05, 4.69) is 4.98 Å². The zero-order chi connectivity index (χ0) is 10.2. The van der Waals surface area contributed by atoms with Gasteiger partial charge in [-0.05, 0) is 25.1 Å². The van der Waals surface area contributed by atoms with Crippen LogP contribution in [0.3, 0.4) is 0 Å². The monoisotopic (exact) mass is 232 g/mol. The Morgan fingerprint density at radius 3 is 2.93 bits per heavy atom. The molecule has 1 aliphatic rings. The van der Waals surface area contributed by atoms with Gasteiger partial charge in [0.1, 0.15) is 0 Å². The van der Waals surface area contributed by atoms with Crippen LogP contribution in [0.1, 0.15) is 12.8 Å². The molecule has 1 N–H and O–H groups in total. The number of aromatic amines is 1. The Bertz CT molecular complexity index is 472. The van der Waals surface area contributed by atoms with Gasteiger partial charge in [0.15, 0.2) is 14.6 Å². The number of hydrogen-bond donors (Lipinski definition) is 1. The highest BCUT2D eigenvalue weighted by Crippen LogP contribution is 2.21. The number of aromatic nitrogens is 2. The topological polar surface area (TPSA) is 54.9 Å². The van der Waals surface area contributed by atoms with Gasteiger partial charge in [-0.1, -0.05) is 0 Å². The molecule has 1 aromatic rings. The van der Waals surface area contributed by atoms with E-state index in [1.54, 1.807) is 17.0 Å². The van der Waals surface area contributed by atoms with Crippen molar-refractivity contribution < 1.29 is 8.42 Å². The smallest absolute Gasteiger partial charge is 0.177 e. The fraction of sp³-hybridized carbons (Fsp3) is 0.625. The van der Waals surface area contributed by atoms with E-state index in [4.69, 9.17) is 12.2 Å². The van der Waals surface area contributed by atoms with Crippen LogP contribution >= 0.6 is 12.2 Å². The average Bonchev–Trinajstić information content (AvgIpc) is 2.62. The van der Waals surface area contributed by atoms with Crippen molar-refractivity contribution in [1.29, 1.82) is 0 Å². The van der Waals surface area contributed by atoms with Gasteiger partial charge in [0.05, 0.1) is 11.0 Å². The van der Waals surface area contributed by atoms with Crippen LogP contribution < -0.4 is 0 Å². The van der Waals surface area contributed by atoms with E-state index in [1.807, 2.05) is 0 Å². The van der Waals surface area contributed by atoms with Crippen molar-refractivity contribution >= 4 is 22.1 Å². The number of nitrogens with zero attached hydrogens (tertiary/aromatic N) is 1. The summed E-state index contributed by atoms with van der Waals surface area (Å²) in [6.07, 6.45) is 5.06. The van der Waals surface area contributed by atoms with Gasteiger partial charge in [0, 0.05) is 18.9 Å². The number of rotatable bonds is 2. The van der Waals surface area contributed by atoms with Gasteiger partial charge in [0.2, 0.25) is 0 Å². The van der Waals surface area contributed by atoms with Crippen molar-refractivity contribution in [3.63, 3.8) is 0 Å². The van der Waals surface area contributed by atoms with Gasteiger partial charge in [-0.15, -0.1) is 0 Å². The molecule has 1 fully saturated rings. The molecule has 1 unspecified atom stereocenters. The summed E-state index contributed by atoms with van der Waals surface area (Å²) in [6, 6.07) is 0. The number of nitrogens with one attached hydrogen (secondary N) is 1. The van der Waals surface area contributed by atoms with Crippen molar-refractivity contribution in [1.82, 2.24) is 9.55 Å². The Morgan fingerprint density at radius 2 is 2.43 bits per heavy atom. The molecule has 1 atom stereocenters. The Morgan fingerprint density at radius 1 is 1.64 bits per heavy atom. The lowest BCUT2D eigenvalue weighted by molar-refractivity contribution is 0.564. The minimum absolute atomic E-state index is 0.245. The molecule has 2 rings (SSSR count). The second-order valence-corrected chi connectivity index (χ2v) is 6.34. The van der Waals surface area contributed by atoms with E-state index < -0.39 is 9.84 Å². The minimum Gasteiger partial charge on any atom is -0.337 e. The fourth-order valence-electron chi connectivity index (χ4n) is 1.78. The first kappa shape index (κ1) is 9.92.